The molecule has 0 fully saturated rings. The van der Waals surface area contributed by atoms with Gasteiger partial charge in [-0.05, 0) is 23.8 Å². The van der Waals surface area contributed by atoms with Gasteiger partial charge in [0.15, 0.2) is 0 Å². The minimum Gasteiger partial charge on any atom is -0.399 e. The Hall–Kier alpha value is -1.29. The molecule has 3 nitrogen and oxygen atoms in total. The van der Waals surface area contributed by atoms with Crippen LogP contribution in [0.1, 0.15) is 31.2 Å². The van der Waals surface area contributed by atoms with E-state index in [9.17, 15) is 0 Å². The van der Waals surface area contributed by atoms with Crippen LogP contribution in [-0.4, -0.2) is 9.55 Å². The Balaban J connectivity index is 2.28. The Morgan fingerprint density at radius 3 is 2.76 bits per heavy atom. The van der Waals surface area contributed by atoms with Crippen molar-refractivity contribution in [1.29, 1.82) is 0 Å². The smallest absolute Gasteiger partial charge is 0.111 e. The molecule has 0 amide bonds. The Morgan fingerprint density at radius 2 is 2.12 bits per heavy atom. The van der Waals surface area contributed by atoms with Gasteiger partial charge in [0.1, 0.15) is 5.82 Å². The highest BCUT2D eigenvalue weighted by Crippen LogP contribution is 2.19. The molecule has 0 aliphatic carbocycles. The van der Waals surface area contributed by atoms with Gasteiger partial charge in [-0.3, -0.25) is 0 Å². The topological polar surface area (TPSA) is 43.8 Å². The van der Waals surface area contributed by atoms with E-state index in [-0.39, 0.29) is 0 Å². The van der Waals surface area contributed by atoms with Gasteiger partial charge in [0.2, 0.25) is 0 Å². The van der Waals surface area contributed by atoms with Crippen LogP contribution in [-0.2, 0) is 6.54 Å². The van der Waals surface area contributed by atoms with Crippen molar-refractivity contribution in [3.05, 3.63) is 46.5 Å². The van der Waals surface area contributed by atoms with Crippen LogP contribution in [0.5, 0.6) is 0 Å². The number of nitrogens with two attached hydrogens (primary N) is 1. The molecule has 0 radical (unpaired) electrons. The summed E-state index contributed by atoms with van der Waals surface area (Å²) in [6, 6.07) is 5.98. The molecule has 0 unspecified atom stereocenters. The highest BCUT2D eigenvalue weighted by Gasteiger charge is 2.07. The van der Waals surface area contributed by atoms with E-state index in [0.29, 0.717) is 5.92 Å². The van der Waals surface area contributed by atoms with Crippen molar-refractivity contribution in [3.8, 4) is 0 Å². The molecule has 2 rings (SSSR count). The summed E-state index contributed by atoms with van der Waals surface area (Å²) >= 11 is 3.46. The predicted molar refractivity (Wildman–Crippen MR) is 74.0 cm³/mol. The van der Waals surface area contributed by atoms with E-state index in [1.54, 1.807) is 0 Å². The largest absolute Gasteiger partial charge is 0.399 e. The molecule has 1 heterocycles. The summed E-state index contributed by atoms with van der Waals surface area (Å²) in [6.45, 7) is 5.10. The van der Waals surface area contributed by atoms with E-state index in [0.717, 1.165) is 22.5 Å². The van der Waals surface area contributed by atoms with Gasteiger partial charge in [-0.25, -0.2) is 4.98 Å². The van der Waals surface area contributed by atoms with E-state index in [2.05, 4.69) is 45.4 Å². The van der Waals surface area contributed by atoms with Crippen LogP contribution < -0.4 is 5.73 Å². The zero-order chi connectivity index (χ0) is 12.4. The van der Waals surface area contributed by atoms with Crippen LogP contribution in [0.2, 0.25) is 0 Å². The van der Waals surface area contributed by atoms with Crippen molar-refractivity contribution in [2.45, 2.75) is 26.3 Å². The summed E-state index contributed by atoms with van der Waals surface area (Å²) in [5, 5.41) is 0. The molecule has 4 heteroatoms. The second-order valence-corrected chi connectivity index (χ2v) is 5.38. The number of hydrogen-bond acceptors (Lipinski definition) is 2. The van der Waals surface area contributed by atoms with Crippen molar-refractivity contribution in [2.24, 2.45) is 0 Å². The van der Waals surface area contributed by atoms with Crippen molar-refractivity contribution in [2.75, 3.05) is 5.73 Å². The number of halogens is 1. The Kier molecular flexibility index (Phi) is 3.52. The molecule has 0 spiro atoms. The molecule has 1 aromatic heterocycles. The number of anilines is 1. The van der Waals surface area contributed by atoms with Gasteiger partial charge in [-0.2, -0.15) is 0 Å². The minimum atomic E-state index is 0.425. The molecular formula is C13H16BrN3. The zero-order valence-electron chi connectivity index (χ0n) is 10.0. The van der Waals surface area contributed by atoms with E-state index in [4.69, 9.17) is 5.73 Å². The number of rotatable bonds is 3. The quantitative estimate of drug-likeness (QED) is 0.882. The van der Waals surface area contributed by atoms with Crippen LogP contribution >= 0.6 is 15.9 Å². The van der Waals surface area contributed by atoms with Crippen molar-refractivity contribution in [1.82, 2.24) is 9.55 Å². The van der Waals surface area contributed by atoms with Crippen LogP contribution in [0.3, 0.4) is 0 Å². The average Bonchev–Trinajstić information content (AvgIpc) is 2.63. The number of benzene rings is 1. The maximum absolute atomic E-state index is 5.83. The first kappa shape index (κ1) is 12.2. The first-order valence-corrected chi connectivity index (χ1v) is 6.41. The van der Waals surface area contributed by atoms with Crippen LogP contribution in [0.4, 0.5) is 5.69 Å². The fraction of sp³-hybridized carbons (Fsp3) is 0.308. The first-order valence-electron chi connectivity index (χ1n) is 5.62. The Morgan fingerprint density at radius 1 is 1.35 bits per heavy atom. The molecule has 2 aromatic rings. The number of nitrogens with zero attached hydrogens (tertiary/aromatic N) is 2. The van der Waals surface area contributed by atoms with E-state index in [1.165, 1.54) is 5.56 Å². The van der Waals surface area contributed by atoms with Crippen molar-refractivity contribution in [3.63, 3.8) is 0 Å². The van der Waals surface area contributed by atoms with Gasteiger partial charge in [0, 0.05) is 35.0 Å². The minimum absolute atomic E-state index is 0.425. The monoisotopic (exact) mass is 293 g/mol. The molecule has 1 aromatic carbocycles. The third-order valence-electron chi connectivity index (χ3n) is 2.60. The van der Waals surface area contributed by atoms with Crippen LogP contribution in [0, 0.1) is 0 Å². The second-order valence-electron chi connectivity index (χ2n) is 4.46. The fourth-order valence-electron chi connectivity index (χ4n) is 1.92. The van der Waals surface area contributed by atoms with Gasteiger partial charge in [-0.1, -0.05) is 29.8 Å². The number of imidazole rings is 1. The van der Waals surface area contributed by atoms with E-state index in [1.807, 2.05) is 24.5 Å². The zero-order valence-corrected chi connectivity index (χ0v) is 11.6. The predicted octanol–water partition coefficient (Wildman–Crippen LogP) is 3.40. The summed E-state index contributed by atoms with van der Waals surface area (Å²) in [6.07, 6.45) is 3.85. The van der Waals surface area contributed by atoms with Crippen molar-refractivity contribution >= 4 is 21.6 Å². The maximum atomic E-state index is 5.83. The number of hydrogen-bond donors (Lipinski definition) is 1. The molecule has 0 aliphatic rings. The summed E-state index contributed by atoms with van der Waals surface area (Å²) in [4.78, 5) is 4.38. The molecule has 0 bridgehead atoms. The van der Waals surface area contributed by atoms with Crippen LogP contribution in [0.15, 0.2) is 35.1 Å². The van der Waals surface area contributed by atoms with Gasteiger partial charge >= 0.3 is 0 Å². The molecule has 2 N–H and O–H groups in total. The average molecular weight is 294 g/mol. The fourth-order valence-corrected chi connectivity index (χ4v) is 2.48. The summed E-state index contributed by atoms with van der Waals surface area (Å²) < 4.78 is 3.17. The Labute approximate surface area is 110 Å². The standard InChI is InChI=1S/C13H16BrN3/c1-9(2)13-16-3-4-17(13)8-10-5-11(14)7-12(15)6-10/h3-7,9H,8,15H2,1-2H3. The third kappa shape index (κ3) is 2.88. The lowest BCUT2D eigenvalue weighted by Gasteiger charge is -2.11. The molecule has 0 saturated heterocycles. The van der Waals surface area contributed by atoms with E-state index < -0.39 is 0 Å². The Bertz CT molecular complexity index is 497. The van der Waals surface area contributed by atoms with Crippen molar-refractivity contribution < 1.29 is 0 Å². The normalized spacial score (nSPS) is 11.1. The summed E-state index contributed by atoms with van der Waals surface area (Å²) in [5.41, 5.74) is 7.79. The molecule has 17 heavy (non-hydrogen) atoms. The van der Waals surface area contributed by atoms with Gasteiger partial charge in [0.25, 0.3) is 0 Å². The highest BCUT2D eigenvalue weighted by atomic mass is 79.9. The molecule has 0 aliphatic heterocycles. The lowest BCUT2D eigenvalue weighted by molar-refractivity contribution is 0.669. The lowest BCUT2D eigenvalue weighted by atomic mass is 10.2. The molecule has 90 valence electrons. The number of nitrogen functional groups attached to an aromatic ring is 1. The van der Waals surface area contributed by atoms with Gasteiger partial charge in [0.05, 0.1) is 0 Å². The second kappa shape index (κ2) is 4.92. The highest BCUT2D eigenvalue weighted by molar-refractivity contribution is 9.10. The molecule has 0 atom stereocenters. The van der Waals surface area contributed by atoms with E-state index >= 15 is 0 Å². The molecular weight excluding hydrogens is 278 g/mol. The lowest BCUT2D eigenvalue weighted by Crippen LogP contribution is -2.06. The maximum Gasteiger partial charge on any atom is 0.111 e. The summed E-state index contributed by atoms with van der Waals surface area (Å²) in [5.74, 6) is 1.53. The molecule has 0 saturated carbocycles. The first-order chi connectivity index (χ1) is 8.06. The summed E-state index contributed by atoms with van der Waals surface area (Å²) in [7, 11) is 0. The third-order valence-corrected chi connectivity index (χ3v) is 3.05. The number of aromatic nitrogens is 2. The van der Waals surface area contributed by atoms with Gasteiger partial charge in [-0.15, -0.1) is 0 Å². The van der Waals surface area contributed by atoms with Crippen LogP contribution in [0.25, 0.3) is 0 Å². The van der Waals surface area contributed by atoms with Gasteiger partial charge < -0.3 is 10.3 Å². The SMILES string of the molecule is CC(C)c1nccn1Cc1cc(N)cc(Br)c1.